The first-order valence-corrected chi connectivity index (χ1v) is 17.0. The van der Waals surface area contributed by atoms with E-state index >= 15 is 0 Å². The summed E-state index contributed by atoms with van der Waals surface area (Å²) in [5.74, 6) is 0. The van der Waals surface area contributed by atoms with Crippen molar-refractivity contribution in [2.75, 3.05) is 33.0 Å². The molecule has 54 heavy (non-hydrogen) atoms. The van der Waals surface area contributed by atoms with Gasteiger partial charge in [0.25, 0.3) is 0 Å². The lowest BCUT2D eigenvalue weighted by atomic mass is 9.95. The van der Waals surface area contributed by atoms with Crippen molar-refractivity contribution in [3.8, 4) is 0 Å². The molecular weight excluding hydrogens is 748 g/mol. The van der Waals surface area contributed by atoms with Crippen molar-refractivity contribution in [2.24, 2.45) is 0 Å². The molecule has 5 aliphatic rings. The normalized spacial score (nSPS) is 53.3. The predicted octanol–water partition coefficient (Wildman–Crippen LogP) is -11.3. The molecule has 0 aromatic rings. The Morgan fingerprint density at radius 3 is 1.54 bits per heavy atom. The van der Waals surface area contributed by atoms with Gasteiger partial charge in [-0.05, 0) is 0 Å². The number of aliphatic hydroxyl groups excluding tert-OH is 16. The van der Waals surface area contributed by atoms with Crippen LogP contribution in [0.4, 0.5) is 0 Å². The molecule has 0 amide bonds. The molecule has 0 spiro atoms. The summed E-state index contributed by atoms with van der Waals surface area (Å²) in [5, 5.41) is 165. The molecule has 0 bridgehead atoms. The first-order chi connectivity index (χ1) is 25.5. The van der Waals surface area contributed by atoms with Gasteiger partial charge < -0.3 is 124 Å². The Kier molecular flexibility index (Phi) is 15.3. The smallest absolute Gasteiger partial charge is 0.187 e. The topological polar surface area (TPSA) is 407 Å². The Hall–Kier alpha value is -1.00. The molecule has 0 unspecified atom stereocenters. The van der Waals surface area contributed by atoms with E-state index in [1.807, 2.05) is 0 Å². The van der Waals surface area contributed by atoms with Gasteiger partial charge in [-0.3, -0.25) is 0 Å². The summed E-state index contributed by atoms with van der Waals surface area (Å²) in [6.45, 7) is -4.07. The Morgan fingerprint density at radius 1 is 0.389 bits per heavy atom. The Labute approximate surface area is 305 Å². The van der Waals surface area contributed by atoms with Crippen LogP contribution in [0.3, 0.4) is 0 Å². The lowest BCUT2D eigenvalue weighted by Crippen LogP contribution is -2.68. The predicted molar refractivity (Wildman–Crippen MR) is 161 cm³/mol. The molecule has 0 aromatic heterocycles. The second kappa shape index (κ2) is 18.7. The third-order valence-corrected chi connectivity index (χ3v) is 9.91. The lowest BCUT2D eigenvalue weighted by Gasteiger charge is -2.50. The average molecular weight is 799 g/mol. The molecule has 316 valence electrons. The average Bonchev–Trinajstić information content (AvgIpc) is 3.16. The molecule has 25 heteroatoms. The van der Waals surface area contributed by atoms with Crippen LogP contribution in [0.5, 0.6) is 0 Å². The van der Waals surface area contributed by atoms with Crippen molar-refractivity contribution in [1.82, 2.24) is 0 Å². The van der Waals surface area contributed by atoms with Crippen LogP contribution in [-0.4, -0.2) is 262 Å². The first kappa shape index (κ1) is 44.1. The van der Waals surface area contributed by atoms with Gasteiger partial charge in [0.05, 0.1) is 33.0 Å². The molecule has 24 atom stereocenters. The minimum atomic E-state index is -2.04. The van der Waals surface area contributed by atoms with Gasteiger partial charge in [-0.25, -0.2) is 0 Å². The van der Waals surface area contributed by atoms with E-state index in [0.29, 0.717) is 0 Å². The number of ether oxygens (including phenoxy) is 9. The molecule has 5 heterocycles. The fourth-order valence-electron chi connectivity index (χ4n) is 6.61. The highest BCUT2D eigenvalue weighted by Crippen LogP contribution is 2.36. The molecule has 0 radical (unpaired) electrons. The van der Waals surface area contributed by atoms with Crippen LogP contribution in [0.15, 0.2) is 0 Å². The van der Waals surface area contributed by atoms with E-state index in [9.17, 15) is 81.7 Å². The van der Waals surface area contributed by atoms with Crippen molar-refractivity contribution in [3.63, 3.8) is 0 Å². The van der Waals surface area contributed by atoms with Crippen molar-refractivity contribution < 1.29 is 124 Å². The van der Waals surface area contributed by atoms with Gasteiger partial charge in [0.15, 0.2) is 31.5 Å². The van der Waals surface area contributed by atoms with Crippen molar-refractivity contribution >= 4 is 0 Å². The third-order valence-electron chi connectivity index (χ3n) is 9.91. The molecule has 5 rings (SSSR count). The highest BCUT2D eigenvalue weighted by atomic mass is 16.8. The van der Waals surface area contributed by atoms with E-state index in [1.165, 1.54) is 0 Å². The number of aliphatic hydroxyl groups is 16. The zero-order chi connectivity index (χ0) is 39.8. The molecule has 16 N–H and O–H groups in total. The van der Waals surface area contributed by atoms with Crippen LogP contribution >= 0.6 is 0 Å². The minimum Gasteiger partial charge on any atom is -0.394 e. The van der Waals surface area contributed by atoms with Gasteiger partial charge in [-0.15, -0.1) is 0 Å². The van der Waals surface area contributed by atoms with E-state index in [4.69, 9.17) is 42.6 Å². The Bertz CT molecular complexity index is 1160. The summed E-state index contributed by atoms with van der Waals surface area (Å²) in [4.78, 5) is 0. The Balaban J connectivity index is 1.38. The maximum atomic E-state index is 11.2. The van der Waals surface area contributed by atoms with Gasteiger partial charge in [-0.2, -0.15) is 0 Å². The van der Waals surface area contributed by atoms with Crippen LogP contribution in [0.1, 0.15) is 0 Å². The zero-order valence-corrected chi connectivity index (χ0v) is 28.2. The zero-order valence-electron chi connectivity index (χ0n) is 28.2. The largest absolute Gasteiger partial charge is 0.394 e. The first-order valence-electron chi connectivity index (χ1n) is 17.0. The van der Waals surface area contributed by atoms with Gasteiger partial charge in [0.2, 0.25) is 0 Å². The molecule has 0 aromatic carbocycles. The maximum Gasteiger partial charge on any atom is 0.187 e. The minimum absolute atomic E-state index is 0.585. The number of rotatable bonds is 12. The van der Waals surface area contributed by atoms with Gasteiger partial charge in [-0.1, -0.05) is 0 Å². The monoisotopic (exact) mass is 798 g/mol. The fourth-order valence-corrected chi connectivity index (χ4v) is 6.61. The summed E-state index contributed by atoms with van der Waals surface area (Å²) < 4.78 is 50.0. The van der Waals surface area contributed by atoms with Gasteiger partial charge in [0, 0.05) is 0 Å². The summed E-state index contributed by atoms with van der Waals surface area (Å²) in [6, 6.07) is 0. The van der Waals surface area contributed by atoms with E-state index in [2.05, 4.69) is 0 Å². The van der Waals surface area contributed by atoms with Gasteiger partial charge in [0.1, 0.15) is 116 Å². The number of hydrogen-bond donors (Lipinski definition) is 16. The van der Waals surface area contributed by atoms with Crippen LogP contribution in [0, 0.1) is 0 Å². The van der Waals surface area contributed by atoms with E-state index in [1.54, 1.807) is 0 Å². The molecule has 0 aliphatic carbocycles. The summed E-state index contributed by atoms with van der Waals surface area (Å²) >= 11 is 0. The van der Waals surface area contributed by atoms with E-state index < -0.39 is 180 Å². The highest BCUT2D eigenvalue weighted by Gasteiger charge is 2.56. The van der Waals surface area contributed by atoms with Crippen molar-refractivity contribution in [3.05, 3.63) is 0 Å². The van der Waals surface area contributed by atoms with E-state index in [0.717, 1.165) is 0 Å². The molecule has 5 aliphatic heterocycles. The SMILES string of the molecule is OC[C@H]1O[C@H](O[C@H]2[C@H](O)[C@@H](CO)O[C@H](O[C@@H]3[C@H](O)[C@@H](O)[C@H](OC[C@H]4O[C@H](O)[C@@H](O)[C@@H](O)[C@@H]4O)O[C@@H]3CO)[C@H]2O[C@@H]2OC[C@@H](O)[C@H](O)[C@H]2O)[C@@H](O)[C@@H](O)[C@@H]1O. The van der Waals surface area contributed by atoms with Crippen LogP contribution in [0.2, 0.25) is 0 Å². The molecule has 5 fully saturated rings. The van der Waals surface area contributed by atoms with Crippen LogP contribution in [-0.2, 0) is 42.6 Å². The van der Waals surface area contributed by atoms with E-state index in [-0.39, 0.29) is 0 Å². The summed E-state index contributed by atoms with van der Waals surface area (Å²) in [7, 11) is 0. The standard InChI is InChI=1S/C29H50O25/c30-1-7-12(35)16(39)20(43)28(49-7)53-23-14(37)8(2-31)50-29(24(23)54-27-19(42)11(34)6(33)4-46-27)52-22-9(3-32)51-26(21(44)17(22)40)47-5-10-13(36)15(38)18(41)25(45)48-10/h6-45H,1-5H2/t6-,7-,8-,9-,10-,11+,12-,13-,14-,15+,16+,17-,18+,19-,20+,21-,22+,23+,24+,25+,26-,27+,28-,29-/m1/s1. The van der Waals surface area contributed by atoms with Crippen molar-refractivity contribution in [2.45, 2.75) is 147 Å². The maximum absolute atomic E-state index is 11.2. The van der Waals surface area contributed by atoms with Crippen molar-refractivity contribution in [1.29, 1.82) is 0 Å². The lowest BCUT2D eigenvalue weighted by molar-refractivity contribution is -0.402. The van der Waals surface area contributed by atoms with Crippen LogP contribution < -0.4 is 0 Å². The number of hydrogen-bond acceptors (Lipinski definition) is 25. The summed E-state index contributed by atoms with van der Waals surface area (Å²) in [6.07, 6.45) is -44.0. The Morgan fingerprint density at radius 2 is 0.889 bits per heavy atom. The molecule has 0 saturated carbocycles. The third kappa shape index (κ3) is 9.00. The second-order valence-electron chi connectivity index (χ2n) is 13.5. The molecule has 25 nitrogen and oxygen atoms in total. The fraction of sp³-hybridized carbons (Fsp3) is 1.00. The molecular formula is C29H50O25. The van der Waals surface area contributed by atoms with Crippen LogP contribution in [0.25, 0.3) is 0 Å². The quantitative estimate of drug-likeness (QED) is 0.0871. The molecule has 5 saturated heterocycles. The second-order valence-corrected chi connectivity index (χ2v) is 13.5. The summed E-state index contributed by atoms with van der Waals surface area (Å²) in [5.41, 5.74) is 0. The highest BCUT2D eigenvalue weighted by molar-refractivity contribution is 4.98. The van der Waals surface area contributed by atoms with Gasteiger partial charge >= 0.3 is 0 Å².